The topological polar surface area (TPSA) is 103 Å². The highest BCUT2D eigenvalue weighted by Crippen LogP contribution is 2.36. The van der Waals surface area contributed by atoms with Gasteiger partial charge in [-0.05, 0) is 19.9 Å². The van der Waals surface area contributed by atoms with Gasteiger partial charge in [-0.25, -0.2) is 15.0 Å². The summed E-state index contributed by atoms with van der Waals surface area (Å²) < 4.78 is 52.3. The Morgan fingerprint density at radius 1 is 1.10 bits per heavy atom. The molecule has 2 aliphatic rings. The van der Waals surface area contributed by atoms with Crippen molar-refractivity contribution in [2.45, 2.75) is 25.1 Å². The first-order valence-corrected chi connectivity index (χ1v) is 10.1. The third-order valence-corrected chi connectivity index (χ3v) is 5.29. The lowest BCUT2D eigenvalue weighted by molar-refractivity contribution is -0.140. The van der Waals surface area contributed by atoms with E-state index in [1.807, 2.05) is 11.9 Å². The van der Waals surface area contributed by atoms with E-state index in [4.69, 9.17) is 15.2 Å². The fourth-order valence-electron chi connectivity index (χ4n) is 3.59. The fraction of sp³-hybridized carbons (Fsp3) is 0.579. The first-order valence-electron chi connectivity index (χ1n) is 10.1. The average molecular weight is 439 g/mol. The number of nitrogens with two attached hydrogens (primary N) is 1. The van der Waals surface area contributed by atoms with Crippen LogP contribution in [-0.2, 0) is 10.9 Å². The fourth-order valence-corrected chi connectivity index (χ4v) is 3.59. The van der Waals surface area contributed by atoms with Crippen molar-refractivity contribution in [3.05, 3.63) is 18.0 Å². The predicted octanol–water partition coefficient (Wildman–Crippen LogP) is 1.84. The van der Waals surface area contributed by atoms with Gasteiger partial charge in [0.25, 0.3) is 0 Å². The van der Waals surface area contributed by atoms with Crippen LogP contribution in [0.1, 0.15) is 18.5 Å². The second-order valence-corrected chi connectivity index (χ2v) is 7.60. The second-order valence-electron chi connectivity index (χ2n) is 7.60. The van der Waals surface area contributed by atoms with Gasteiger partial charge in [-0.2, -0.15) is 18.2 Å². The van der Waals surface area contributed by atoms with Crippen LogP contribution in [0.25, 0.3) is 11.3 Å². The molecular formula is C19H24F3N7O2. The Morgan fingerprint density at radius 3 is 2.48 bits per heavy atom. The molecule has 0 unspecified atom stereocenters. The lowest BCUT2D eigenvalue weighted by Crippen LogP contribution is -2.38. The molecule has 0 spiro atoms. The molecular weight excluding hydrogens is 415 g/mol. The molecule has 2 fully saturated rings. The molecule has 0 atom stereocenters. The molecule has 4 heterocycles. The van der Waals surface area contributed by atoms with Crippen molar-refractivity contribution in [3.63, 3.8) is 0 Å². The van der Waals surface area contributed by atoms with Gasteiger partial charge in [-0.3, -0.25) is 0 Å². The standard InChI is InChI=1S/C19H24F3N7O2/c1-28-4-2-12(3-5-28)31-15-10-14(25-18(26-15)29-6-8-30-9-7-29)13-11-24-17(23)27-16(13)19(20,21)22/h10-12H,2-9H2,1H3,(H2,23,24,27). The van der Waals surface area contributed by atoms with Gasteiger partial charge in [0.15, 0.2) is 5.69 Å². The van der Waals surface area contributed by atoms with Crippen molar-refractivity contribution in [3.8, 4) is 17.1 Å². The van der Waals surface area contributed by atoms with Crippen LogP contribution < -0.4 is 15.4 Å². The molecule has 0 aliphatic carbocycles. The highest BCUT2D eigenvalue weighted by Gasteiger charge is 2.37. The number of rotatable bonds is 4. The molecule has 168 valence electrons. The molecule has 12 heteroatoms. The minimum Gasteiger partial charge on any atom is -0.474 e. The van der Waals surface area contributed by atoms with Crippen LogP contribution in [0.15, 0.2) is 12.3 Å². The second kappa shape index (κ2) is 8.79. The molecule has 2 saturated heterocycles. The van der Waals surface area contributed by atoms with Crippen molar-refractivity contribution in [2.75, 3.05) is 57.1 Å². The number of hydrogen-bond acceptors (Lipinski definition) is 9. The first kappa shape index (κ1) is 21.5. The average Bonchev–Trinajstić information content (AvgIpc) is 2.75. The van der Waals surface area contributed by atoms with Crippen molar-refractivity contribution in [1.82, 2.24) is 24.8 Å². The third kappa shape index (κ3) is 5.13. The zero-order valence-electron chi connectivity index (χ0n) is 17.1. The van der Waals surface area contributed by atoms with E-state index in [0.29, 0.717) is 26.3 Å². The number of hydrogen-bond donors (Lipinski definition) is 1. The number of alkyl halides is 3. The largest absolute Gasteiger partial charge is 0.474 e. The quantitative estimate of drug-likeness (QED) is 0.764. The summed E-state index contributed by atoms with van der Waals surface area (Å²) in [5.74, 6) is 0.0565. The summed E-state index contributed by atoms with van der Waals surface area (Å²) in [5, 5.41) is 0. The zero-order chi connectivity index (χ0) is 22.0. The maximum atomic E-state index is 13.6. The molecule has 2 aromatic heterocycles. The first-order chi connectivity index (χ1) is 14.8. The monoisotopic (exact) mass is 439 g/mol. The van der Waals surface area contributed by atoms with Crippen molar-refractivity contribution >= 4 is 11.9 Å². The summed E-state index contributed by atoms with van der Waals surface area (Å²) in [6, 6.07) is 1.41. The van der Waals surface area contributed by atoms with E-state index in [1.165, 1.54) is 6.07 Å². The maximum absolute atomic E-state index is 13.6. The molecule has 0 radical (unpaired) electrons. The van der Waals surface area contributed by atoms with Crippen LogP contribution >= 0.6 is 0 Å². The minimum atomic E-state index is -4.72. The number of piperidine rings is 1. The van der Waals surface area contributed by atoms with E-state index in [2.05, 4.69) is 24.8 Å². The number of halogens is 3. The Labute approximate surface area is 177 Å². The predicted molar refractivity (Wildman–Crippen MR) is 107 cm³/mol. The molecule has 4 rings (SSSR count). The Morgan fingerprint density at radius 2 is 1.81 bits per heavy atom. The van der Waals surface area contributed by atoms with Gasteiger partial charge in [0.1, 0.15) is 6.10 Å². The van der Waals surface area contributed by atoms with Crippen molar-refractivity contribution in [1.29, 1.82) is 0 Å². The number of nitrogen functional groups attached to an aromatic ring is 1. The summed E-state index contributed by atoms with van der Waals surface area (Å²) in [4.78, 5) is 20.1. The number of aromatic nitrogens is 4. The molecule has 31 heavy (non-hydrogen) atoms. The van der Waals surface area contributed by atoms with Gasteiger partial charge in [-0.1, -0.05) is 0 Å². The van der Waals surface area contributed by atoms with Gasteiger partial charge in [0.2, 0.25) is 17.8 Å². The molecule has 2 N–H and O–H groups in total. The van der Waals surface area contributed by atoms with Crippen molar-refractivity contribution in [2.24, 2.45) is 0 Å². The summed E-state index contributed by atoms with van der Waals surface area (Å²) in [7, 11) is 2.04. The van der Waals surface area contributed by atoms with Crippen molar-refractivity contribution < 1.29 is 22.6 Å². The van der Waals surface area contributed by atoms with Crippen LogP contribution in [-0.4, -0.2) is 77.4 Å². The molecule has 0 saturated carbocycles. The Balaban J connectivity index is 1.73. The van der Waals surface area contributed by atoms with Gasteiger partial charge in [0.05, 0.1) is 18.9 Å². The third-order valence-electron chi connectivity index (χ3n) is 5.29. The summed E-state index contributed by atoms with van der Waals surface area (Å²) in [6.45, 7) is 3.78. The van der Waals surface area contributed by atoms with Crippen LogP contribution in [0.5, 0.6) is 5.88 Å². The van der Waals surface area contributed by atoms with E-state index < -0.39 is 17.8 Å². The minimum absolute atomic E-state index is 0.0340. The number of morpholine rings is 1. The van der Waals surface area contributed by atoms with E-state index in [1.54, 1.807) is 0 Å². The molecule has 2 aliphatic heterocycles. The lowest BCUT2D eigenvalue weighted by atomic mass is 10.1. The molecule has 2 aromatic rings. The van der Waals surface area contributed by atoms with Crippen LogP contribution in [0.4, 0.5) is 25.1 Å². The Hall–Kier alpha value is -2.73. The van der Waals surface area contributed by atoms with Crippen LogP contribution in [0.2, 0.25) is 0 Å². The van der Waals surface area contributed by atoms with Gasteiger partial charge in [0, 0.05) is 44.0 Å². The smallest absolute Gasteiger partial charge is 0.434 e. The normalized spacial score (nSPS) is 18.9. The van der Waals surface area contributed by atoms with Gasteiger partial charge < -0.3 is 25.0 Å². The number of likely N-dealkylation sites (tertiary alicyclic amines) is 1. The highest BCUT2D eigenvalue weighted by atomic mass is 19.4. The maximum Gasteiger partial charge on any atom is 0.434 e. The zero-order valence-corrected chi connectivity index (χ0v) is 17.1. The number of nitrogens with zero attached hydrogens (tertiary/aromatic N) is 6. The number of ether oxygens (including phenoxy) is 2. The van der Waals surface area contributed by atoms with Gasteiger partial charge >= 0.3 is 6.18 Å². The van der Waals surface area contributed by atoms with Crippen LogP contribution in [0.3, 0.4) is 0 Å². The SMILES string of the molecule is CN1CCC(Oc2cc(-c3cnc(N)nc3C(F)(F)F)nc(N3CCOCC3)n2)CC1. The number of anilines is 2. The van der Waals surface area contributed by atoms with Gasteiger partial charge in [-0.15, -0.1) is 0 Å². The van der Waals surface area contributed by atoms with E-state index in [0.717, 1.165) is 32.1 Å². The Kier molecular flexibility index (Phi) is 6.10. The lowest BCUT2D eigenvalue weighted by Gasteiger charge is -2.30. The molecule has 0 aromatic carbocycles. The van der Waals surface area contributed by atoms with E-state index >= 15 is 0 Å². The highest BCUT2D eigenvalue weighted by molar-refractivity contribution is 5.65. The van der Waals surface area contributed by atoms with E-state index in [-0.39, 0.29) is 29.2 Å². The van der Waals surface area contributed by atoms with E-state index in [9.17, 15) is 13.2 Å². The molecule has 9 nitrogen and oxygen atoms in total. The summed E-state index contributed by atoms with van der Waals surface area (Å²) in [5.41, 5.74) is 4.03. The molecule has 0 amide bonds. The summed E-state index contributed by atoms with van der Waals surface area (Å²) >= 11 is 0. The van der Waals surface area contributed by atoms with Crippen LogP contribution in [0, 0.1) is 0 Å². The summed E-state index contributed by atoms with van der Waals surface area (Å²) in [6.07, 6.45) is -2.13. The Bertz CT molecular complexity index is 914. The molecule has 0 bridgehead atoms.